The Balaban J connectivity index is 1.40. The summed E-state index contributed by atoms with van der Waals surface area (Å²) < 4.78 is 0. The lowest BCUT2D eigenvalue weighted by Crippen LogP contribution is -2.40. The highest BCUT2D eigenvalue weighted by atomic mass is 32.2. The predicted molar refractivity (Wildman–Crippen MR) is 82.9 cm³/mol. The van der Waals surface area contributed by atoms with Crippen molar-refractivity contribution in [2.45, 2.75) is 42.4 Å². The maximum Gasteiger partial charge on any atom is 0.0260 e. The van der Waals surface area contributed by atoms with Crippen molar-refractivity contribution in [1.82, 2.24) is 10.2 Å². The van der Waals surface area contributed by atoms with Crippen LogP contribution >= 0.6 is 11.8 Å². The first kappa shape index (κ1) is 13.5. The molecule has 1 N–H and O–H groups in total. The van der Waals surface area contributed by atoms with Gasteiger partial charge in [-0.15, -0.1) is 11.8 Å². The molecule has 3 rings (SSSR count). The second-order valence-electron chi connectivity index (χ2n) is 5.80. The zero-order valence-corrected chi connectivity index (χ0v) is 12.6. The highest BCUT2D eigenvalue weighted by Crippen LogP contribution is 2.36. The summed E-state index contributed by atoms with van der Waals surface area (Å²) in [6.07, 6.45) is 4.00. The van der Waals surface area contributed by atoms with E-state index in [4.69, 9.17) is 0 Å². The number of hydrogen-bond acceptors (Lipinski definition) is 3. The maximum atomic E-state index is 3.68. The van der Waals surface area contributed by atoms with Gasteiger partial charge in [-0.25, -0.2) is 0 Å². The van der Waals surface area contributed by atoms with E-state index in [2.05, 4.69) is 41.4 Å². The third kappa shape index (κ3) is 3.33. The Morgan fingerprint density at radius 3 is 2.89 bits per heavy atom. The van der Waals surface area contributed by atoms with Gasteiger partial charge in [0.25, 0.3) is 0 Å². The Hall–Kier alpha value is -0.510. The minimum atomic E-state index is 0.691. The molecule has 104 valence electrons. The number of likely N-dealkylation sites (tertiary alicyclic amines) is 1. The number of benzene rings is 1. The molecule has 2 aliphatic rings. The summed E-state index contributed by atoms with van der Waals surface area (Å²) >= 11 is 2.04. The summed E-state index contributed by atoms with van der Waals surface area (Å²) in [6, 6.07) is 9.53. The van der Waals surface area contributed by atoms with Gasteiger partial charge in [-0.2, -0.15) is 0 Å². The van der Waals surface area contributed by atoms with Crippen LogP contribution < -0.4 is 5.32 Å². The molecule has 2 atom stereocenters. The molecule has 3 heteroatoms. The van der Waals surface area contributed by atoms with Crippen molar-refractivity contribution >= 4 is 11.8 Å². The topological polar surface area (TPSA) is 15.3 Å². The van der Waals surface area contributed by atoms with Crippen molar-refractivity contribution in [1.29, 1.82) is 0 Å². The van der Waals surface area contributed by atoms with Crippen LogP contribution in [-0.2, 0) is 6.42 Å². The van der Waals surface area contributed by atoms with Crippen LogP contribution in [0.25, 0.3) is 0 Å². The SMILES string of the molecule is CC(CNCC1Cc2ccccc2S1)N1CCCC1. The first-order valence-electron chi connectivity index (χ1n) is 7.52. The number of fused-ring (bicyclic) bond motifs is 1. The minimum Gasteiger partial charge on any atom is -0.314 e. The monoisotopic (exact) mass is 276 g/mol. The molecule has 1 aromatic rings. The van der Waals surface area contributed by atoms with E-state index in [9.17, 15) is 0 Å². The van der Waals surface area contributed by atoms with Crippen molar-refractivity contribution in [3.05, 3.63) is 29.8 Å². The number of thioether (sulfide) groups is 1. The number of hydrogen-bond donors (Lipinski definition) is 1. The fourth-order valence-electron chi connectivity index (χ4n) is 3.13. The van der Waals surface area contributed by atoms with Gasteiger partial charge in [0.2, 0.25) is 0 Å². The van der Waals surface area contributed by atoms with E-state index in [1.165, 1.54) is 42.8 Å². The second-order valence-corrected chi connectivity index (χ2v) is 7.14. The predicted octanol–water partition coefficient (Wildman–Crippen LogP) is 2.78. The molecule has 0 aliphatic carbocycles. The first-order valence-corrected chi connectivity index (χ1v) is 8.40. The Bertz CT molecular complexity index is 390. The van der Waals surface area contributed by atoms with Crippen molar-refractivity contribution in [3.8, 4) is 0 Å². The Morgan fingerprint density at radius 1 is 1.32 bits per heavy atom. The van der Waals surface area contributed by atoms with E-state index in [0.717, 1.165) is 18.3 Å². The third-order valence-corrected chi connectivity index (χ3v) is 5.61. The van der Waals surface area contributed by atoms with Gasteiger partial charge in [0.15, 0.2) is 0 Å². The summed E-state index contributed by atoms with van der Waals surface area (Å²) in [5, 5.41) is 4.40. The largest absolute Gasteiger partial charge is 0.314 e. The summed E-state index contributed by atoms with van der Waals surface area (Å²) in [7, 11) is 0. The van der Waals surface area contributed by atoms with Crippen LogP contribution in [0, 0.1) is 0 Å². The van der Waals surface area contributed by atoms with Crippen LogP contribution in [0.15, 0.2) is 29.2 Å². The second kappa shape index (κ2) is 6.29. The van der Waals surface area contributed by atoms with Gasteiger partial charge >= 0.3 is 0 Å². The van der Waals surface area contributed by atoms with E-state index >= 15 is 0 Å². The van der Waals surface area contributed by atoms with E-state index < -0.39 is 0 Å². The van der Waals surface area contributed by atoms with E-state index in [0.29, 0.717) is 6.04 Å². The zero-order valence-electron chi connectivity index (χ0n) is 11.8. The van der Waals surface area contributed by atoms with Crippen molar-refractivity contribution in [3.63, 3.8) is 0 Å². The van der Waals surface area contributed by atoms with Crippen LogP contribution in [0.2, 0.25) is 0 Å². The Kier molecular flexibility index (Phi) is 4.46. The highest BCUT2D eigenvalue weighted by molar-refractivity contribution is 8.00. The molecule has 0 aromatic heterocycles. The van der Waals surface area contributed by atoms with E-state index in [1.807, 2.05) is 11.8 Å². The smallest absolute Gasteiger partial charge is 0.0260 e. The summed E-state index contributed by atoms with van der Waals surface area (Å²) in [5.41, 5.74) is 1.53. The van der Waals surface area contributed by atoms with Gasteiger partial charge < -0.3 is 5.32 Å². The maximum absolute atomic E-state index is 3.68. The first-order chi connectivity index (χ1) is 9.33. The molecular formula is C16H24N2S. The number of nitrogens with one attached hydrogen (secondary N) is 1. The molecule has 0 radical (unpaired) electrons. The average Bonchev–Trinajstić information content (AvgIpc) is 3.07. The molecule has 1 aromatic carbocycles. The van der Waals surface area contributed by atoms with Crippen LogP contribution in [0.3, 0.4) is 0 Å². The van der Waals surface area contributed by atoms with Crippen LogP contribution in [-0.4, -0.2) is 42.4 Å². The fraction of sp³-hybridized carbons (Fsp3) is 0.625. The number of rotatable bonds is 5. The van der Waals surface area contributed by atoms with Crippen LogP contribution in [0.1, 0.15) is 25.3 Å². The molecular weight excluding hydrogens is 252 g/mol. The molecule has 0 spiro atoms. The third-order valence-electron chi connectivity index (χ3n) is 4.29. The van der Waals surface area contributed by atoms with Crippen molar-refractivity contribution < 1.29 is 0 Å². The van der Waals surface area contributed by atoms with Crippen molar-refractivity contribution in [2.24, 2.45) is 0 Å². The van der Waals surface area contributed by atoms with Gasteiger partial charge in [0.1, 0.15) is 0 Å². The lowest BCUT2D eigenvalue weighted by Gasteiger charge is -2.24. The molecule has 1 fully saturated rings. The molecule has 2 nitrogen and oxygen atoms in total. The molecule has 2 unspecified atom stereocenters. The molecule has 0 amide bonds. The van der Waals surface area contributed by atoms with E-state index in [1.54, 1.807) is 0 Å². The Labute approximate surface area is 121 Å². The van der Waals surface area contributed by atoms with E-state index in [-0.39, 0.29) is 0 Å². The summed E-state index contributed by atoms with van der Waals surface area (Å²) in [5.74, 6) is 0. The standard InChI is InChI=1S/C16H24N2S/c1-13(18-8-4-5-9-18)11-17-12-15-10-14-6-2-3-7-16(14)19-15/h2-3,6-7,13,15,17H,4-5,8-12H2,1H3. The molecule has 0 saturated carbocycles. The van der Waals surface area contributed by atoms with Gasteiger partial charge in [-0.1, -0.05) is 18.2 Å². The quantitative estimate of drug-likeness (QED) is 0.890. The normalized spacial score (nSPS) is 24.6. The number of nitrogens with zero attached hydrogens (tertiary/aromatic N) is 1. The van der Waals surface area contributed by atoms with Gasteiger partial charge in [-0.3, -0.25) is 4.90 Å². The molecule has 1 saturated heterocycles. The zero-order chi connectivity index (χ0) is 13.1. The highest BCUT2D eigenvalue weighted by Gasteiger charge is 2.22. The molecule has 2 heterocycles. The Morgan fingerprint density at radius 2 is 2.11 bits per heavy atom. The molecule has 19 heavy (non-hydrogen) atoms. The van der Waals surface area contributed by atoms with Crippen molar-refractivity contribution in [2.75, 3.05) is 26.2 Å². The van der Waals surface area contributed by atoms with Gasteiger partial charge in [0, 0.05) is 29.3 Å². The molecule has 2 aliphatic heterocycles. The summed E-state index contributed by atoms with van der Waals surface area (Å²) in [6.45, 7) is 7.22. The summed E-state index contributed by atoms with van der Waals surface area (Å²) in [4.78, 5) is 4.10. The van der Waals surface area contributed by atoms with Gasteiger partial charge in [0.05, 0.1) is 0 Å². The average molecular weight is 276 g/mol. The van der Waals surface area contributed by atoms with Gasteiger partial charge in [-0.05, 0) is 50.9 Å². The van der Waals surface area contributed by atoms with Crippen LogP contribution in [0.4, 0.5) is 0 Å². The lowest BCUT2D eigenvalue weighted by atomic mass is 10.1. The molecule has 0 bridgehead atoms. The fourth-order valence-corrected chi connectivity index (χ4v) is 4.42. The van der Waals surface area contributed by atoms with Crippen LogP contribution in [0.5, 0.6) is 0 Å². The lowest BCUT2D eigenvalue weighted by molar-refractivity contribution is 0.252. The minimum absolute atomic E-state index is 0.691.